The van der Waals surface area contributed by atoms with Crippen LogP contribution in [0.25, 0.3) is 0 Å². The molecule has 0 nitrogen and oxygen atoms in total. The lowest BCUT2D eigenvalue weighted by Gasteiger charge is -1.91. The standard InChI is InChI=1S/C9H15S/c1-10-8-4-2-3-5-9-6-7-9/h4,6,8-9H,2-3,5,7H2,1H3. The summed E-state index contributed by atoms with van der Waals surface area (Å²) in [7, 11) is 0. The normalized spacial score (nSPS) is 18.5. The topological polar surface area (TPSA) is 0 Å². The van der Waals surface area contributed by atoms with Crippen molar-refractivity contribution in [3.63, 3.8) is 0 Å². The van der Waals surface area contributed by atoms with Gasteiger partial charge in [0.2, 0.25) is 0 Å². The number of rotatable bonds is 5. The van der Waals surface area contributed by atoms with Crippen molar-refractivity contribution in [3.8, 4) is 0 Å². The van der Waals surface area contributed by atoms with E-state index in [9.17, 15) is 0 Å². The van der Waals surface area contributed by atoms with Gasteiger partial charge in [-0.2, -0.15) is 0 Å². The summed E-state index contributed by atoms with van der Waals surface area (Å²) >= 11 is 1.79. The summed E-state index contributed by atoms with van der Waals surface area (Å²) in [5.74, 6) is 0.989. The van der Waals surface area contributed by atoms with Gasteiger partial charge in [0.25, 0.3) is 0 Å². The van der Waals surface area contributed by atoms with Crippen LogP contribution in [-0.4, -0.2) is 6.26 Å². The van der Waals surface area contributed by atoms with E-state index in [1.54, 1.807) is 11.8 Å². The van der Waals surface area contributed by atoms with Gasteiger partial charge in [0.1, 0.15) is 0 Å². The van der Waals surface area contributed by atoms with Gasteiger partial charge in [0, 0.05) is 0 Å². The van der Waals surface area contributed by atoms with E-state index in [0.717, 1.165) is 5.92 Å². The maximum Gasteiger partial charge on any atom is -0.0142 e. The molecule has 1 rings (SSSR count). The van der Waals surface area contributed by atoms with Crippen LogP contribution in [0.2, 0.25) is 0 Å². The van der Waals surface area contributed by atoms with Gasteiger partial charge in [0.15, 0.2) is 0 Å². The Kier molecular flexibility index (Phi) is 3.96. The van der Waals surface area contributed by atoms with E-state index in [1.165, 1.54) is 25.7 Å². The molecule has 0 heterocycles. The molecule has 0 spiro atoms. The Hall–Kier alpha value is 0.0900. The summed E-state index contributed by atoms with van der Waals surface area (Å²) in [6.45, 7) is 0. The van der Waals surface area contributed by atoms with Crippen molar-refractivity contribution in [3.05, 3.63) is 17.9 Å². The maximum absolute atomic E-state index is 2.40. The number of thioether (sulfide) groups is 1. The summed E-state index contributed by atoms with van der Waals surface area (Å²) in [5, 5.41) is 2.18. The number of hydrogen-bond donors (Lipinski definition) is 0. The third-order valence-electron chi connectivity index (χ3n) is 1.75. The van der Waals surface area contributed by atoms with Crippen molar-refractivity contribution >= 4 is 11.8 Å². The predicted molar refractivity (Wildman–Crippen MR) is 48.9 cm³/mol. The SMILES string of the molecule is CSC=CCCCC1[CH]C1. The van der Waals surface area contributed by atoms with Gasteiger partial charge >= 0.3 is 0 Å². The highest BCUT2D eigenvalue weighted by atomic mass is 32.2. The lowest BCUT2D eigenvalue weighted by atomic mass is 10.2. The fourth-order valence-corrected chi connectivity index (χ4v) is 1.32. The predicted octanol–water partition coefficient (Wildman–Crippen LogP) is 3.26. The molecule has 0 aromatic heterocycles. The number of unbranched alkanes of at least 4 members (excludes halogenated alkanes) is 1. The molecule has 1 heteroatoms. The van der Waals surface area contributed by atoms with E-state index in [1.807, 2.05) is 0 Å². The first-order valence-electron chi connectivity index (χ1n) is 3.94. The molecular formula is C9H15S. The Morgan fingerprint density at radius 3 is 3.10 bits per heavy atom. The average Bonchev–Trinajstić information content (AvgIpc) is 2.71. The van der Waals surface area contributed by atoms with Gasteiger partial charge in [-0.15, -0.1) is 11.8 Å². The Morgan fingerprint density at radius 1 is 1.70 bits per heavy atom. The van der Waals surface area contributed by atoms with E-state index < -0.39 is 0 Å². The van der Waals surface area contributed by atoms with Gasteiger partial charge in [0.05, 0.1) is 0 Å². The minimum absolute atomic E-state index is 0.989. The molecule has 1 aliphatic rings. The van der Waals surface area contributed by atoms with Crippen LogP contribution in [0.5, 0.6) is 0 Å². The van der Waals surface area contributed by atoms with Crippen molar-refractivity contribution in [2.75, 3.05) is 6.26 Å². The van der Waals surface area contributed by atoms with Crippen molar-refractivity contribution in [2.24, 2.45) is 5.92 Å². The molecule has 0 saturated heterocycles. The van der Waals surface area contributed by atoms with Crippen molar-refractivity contribution in [1.29, 1.82) is 0 Å². The minimum atomic E-state index is 0.989. The minimum Gasteiger partial charge on any atom is -0.138 e. The lowest BCUT2D eigenvalue weighted by molar-refractivity contribution is 0.691. The molecule has 1 saturated carbocycles. The third-order valence-corrected chi connectivity index (χ3v) is 2.21. The molecule has 1 atom stereocenters. The molecule has 0 N–H and O–H groups in total. The van der Waals surface area contributed by atoms with E-state index in [2.05, 4.69) is 24.2 Å². The molecule has 0 aromatic rings. The summed E-state index contributed by atoms with van der Waals surface area (Å²) in [6.07, 6.45) is 12.2. The molecule has 1 radical (unpaired) electrons. The van der Waals surface area contributed by atoms with Gasteiger partial charge in [-0.25, -0.2) is 0 Å². The Labute approximate surface area is 68.1 Å². The lowest BCUT2D eigenvalue weighted by Crippen LogP contribution is -1.74. The quantitative estimate of drug-likeness (QED) is 0.549. The van der Waals surface area contributed by atoms with Gasteiger partial charge in [-0.05, 0) is 49.7 Å². The Morgan fingerprint density at radius 2 is 2.50 bits per heavy atom. The van der Waals surface area contributed by atoms with Gasteiger partial charge < -0.3 is 0 Å². The number of allylic oxidation sites excluding steroid dienone is 1. The molecule has 1 unspecified atom stereocenters. The van der Waals surface area contributed by atoms with Crippen molar-refractivity contribution in [2.45, 2.75) is 25.7 Å². The first kappa shape index (κ1) is 8.19. The zero-order chi connectivity index (χ0) is 7.23. The summed E-state index contributed by atoms with van der Waals surface area (Å²) < 4.78 is 0. The Bertz CT molecular complexity index is 103. The molecule has 0 aliphatic heterocycles. The smallest absolute Gasteiger partial charge is 0.0142 e. The maximum atomic E-state index is 2.40. The fourth-order valence-electron chi connectivity index (χ4n) is 0.994. The first-order valence-corrected chi connectivity index (χ1v) is 5.23. The molecule has 10 heavy (non-hydrogen) atoms. The van der Waals surface area contributed by atoms with Crippen LogP contribution in [0.4, 0.5) is 0 Å². The monoisotopic (exact) mass is 155 g/mol. The first-order chi connectivity index (χ1) is 4.93. The highest BCUT2D eigenvalue weighted by Gasteiger charge is 2.20. The van der Waals surface area contributed by atoms with Gasteiger partial charge in [-0.3, -0.25) is 0 Å². The highest BCUT2D eigenvalue weighted by Crippen LogP contribution is 2.32. The molecule has 0 aromatic carbocycles. The zero-order valence-electron chi connectivity index (χ0n) is 6.55. The van der Waals surface area contributed by atoms with Crippen LogP contribution in [0.15, 0.2) is 11.5 Å². The summed E-state index contributed by atoms with van der Waals surface area (Å²) in [6, 6.07) is 0. The third kappa shape index (κ3) is 3.99. The van der Waals surface area contributed by atoms with Crippen LogP contribution in [0.3, 0.4) is 0 Å². The summed E-state index contributed by atoms with van der Waals surface area (Å²) in [5.41, 5.74) is 0. The van der Waals surface area contributed by atoms with Crippen LogP contribution in [0, 0.1) is 12.3 Å². The van der Waals surface area contributed by atoms with E-state index in [-0.39, 0.29) is 0 Å². The second-order valence-electron chi connectivity index (χ2n) is 2.77. The highest BCUT2D eigenvalue weighted by molar-refractivity contribution is 8.01. The molecule has 1 aliphatic carbocycles. The van der Waals surface area contributed by atoms with Crippen molar-refractivity contribution < 1.29 is 0 Å². The van der Waals surface area contributed by atoms with Crippen LogP contribution >= 0.6 is 11.8 Å². The average molecular weight is 155 g/mol. The van der Waals surface area contributed by atoms with E-state index >= 15 is 0 Å². The zero-order valence-corrected chi connectivity index (χ0v) is 7.36. The molecular weight excluding hydrogens is 140 g/mol. The molecule has 1 fully saturated rings. The molecule has 0 amide bonds. The fraction of sp³-hybridized carbons (Fsp3) is 0.667. The van der Waals surface area contributed by atoms with Crippen LogP contribution in [0.1, 0.15) is 25.7 Å². The van der Waals surface area contributed by atoms with Crippen LogP contribution in [-0.2, 0) is 0 Å². The second kappa shape index (κ2) is 4.84. The Balaban J connectivity index is 1.80. The largest absolute Gasteiger partial charge is 0.138 e. The van der Waals surface area contributed by atoms with E-state index in [4.69, 9.17) is 0 Å². The van der Waals surface area contributed by atoms with Gasteiger partial charge in [-0.1, -0.05) is 6.08 Å². The van der Waals surface area contributed by atoms with E-state index in [0.29, 0.717) is 0 Å². The molecule has 57 valence electrons. The van der Waals surface area contributed by atoms with Crippen LogP contribution < -0.4 is 0 Å². The van der Waals surface area contributed by atoms with Crippen molar-refractivity contribution in [1.82, 2.24) is 0 Å². The summed E-state index contributed by atoms with van der Waals surface area (Å²) in [4.78, 5) is 0. The second-order valence-corrected chi connectivity index (χ2v) is 3.51. The number of hydrogen-bond acceptors (Lipinski definition) is 1. The molecule has 0 bridgehead atoms.